The first-order chi connectivity index (χ1) is 14.1. The topological polar surface area (TPSA) is 78.0 Å². The first-order valence-electron chi connectivity index (χ1n) is 9.52. The van der Waals surface area contributed by atoms with Crippen LogP contribution in [0.3, 0.4) is 0 Å². The second kappa shape index (κ2) is 9.06. The molecule has 1 aliphatic rings. The minimum absolute atomic E-state index is 0.172. The van der Waals surface area contributed by atoms with Crippen LogP contribution in [0.2, 0.25) is 5.02 Å². The highest BCUT2D eigenvalue weighted by Crippen LogP contribution is 2.22. The van der Waals surface area contributed by atoms with Gasteiger partial charge in [0.2, 0.25) is 15.9 Å². The van der Waals surface area contributed by atoms with Gasteiger partial charge in [0, 0.05) is 42.5 Å². The van der Waals surface area contributed by atoms with Crippen molar-refractivity contribution in [1.29, 1.82) is 0 Å². The summed E-state index contributed by atoms with van der Waals surface area (Å²) in [6.45, 7) is 3.33. The minimum Gasteiger partial charge on any atom is -0.368 e. The van der Waals surface area contributed by atoms with Crippen LogP contribution in [0.1, 0.15) is 17.3 Å². The zero-order valence-corrected chi connectivity index (χ0v) is 18.5. The SMILES string of the molecule is CC(=O)c1cccc(N(CC(=O)N2CCN(c3cccc(Cl)c3)CC2)S(C)(=O)=O)c1. The van der Waals surface area contributed by atoms with E-state index in [0.29, 0.717) is 42.5 Å². The van der Waals surface area contributed by atoms with Crippen LogP contribution in [-0.4, -0.2) is 64.0 Å². The number of Topliss-reactive ketones (excluding diaryl/α,β-unsaturated/α-hetero) is 1. The molecule has 2 aromatic rings. The van der Waals surface area contributed by atoms with Gasteiger partial charge in [0.05, 0.1) is 11.9 Å². The van der Waals surface area contributed by atoms with Crippen LogP contribution in [0.5, 0.6) is 0 Å². The number of rotatable bonds is 6. The molecule has 1 fully saturated rings. The maximum atomic E-state index is 12.9. The summed E-state index contributed by atoms with van der Waals surface area (Å²) in [5.41, 5.74) is 1.69. The lowest BCUT2D eigenvalue weighted by atomic mass is 10.1. The van der Waals surface area contributed by atoms with Gasteiger partial charge in [-0.05, 0) is 37.3 Å². The van der Waals surface area contributed by atoms with Gasteiger partial charge >= 0.3 is 0 Å². The Hall–Kier alpha value is -2.58. The number of sulfonamides is 1. The quantitative estimate of drug-likeness (QED) is 0.633. The van der Waals surface area contributed by atoms with Crippen molar-refractivity contribution in [1.82, 2.24) is 4.90 Å². The van der Waals surface area contributed by atoms with Crippen molar-refractivity contribution >= 4 is 44.7 Å². The van der Waals surface area contributed by atoms with E-state index in [1.165, 1.54) is 13.0 Å². The lowest BCUT2D eigenvalue weighted by Crippen LogP contribution is -2.52. The van der Waals surface area contributed by atoms with Crippen LogP contribution >= 0.6 is 11.6 Å². The predicted octanol–water partition coefficient (Wildman–Crippen LogP) is 2.66. The van der Waals surface area contributed by atoms with Crippen molar-refractivity contribution in [2.24, 2.45) is 0 Å². The molecule has 0 unspecified atom stereocenters. The third kappa shape index (κ3) is 5.31. The molecule has 0 aliphatic carbocycles. The Bertz CT molecular complexity index is 1050. The summed E-state index contributed by atoms with van der Waals surface area (Å²) in [5, 5.41) is 0.655. The number of ketones is 1. The first kappa shape index (κ1) is 22.1. The number of halogens is 1. The van der Waals surface area contributed by atoms with Gasteiger partial charge in [-0.3, -0.25) is 13.9 Å². The third-order valence-corrected chi connectivity index (χ3v) is 6.40. The van der Waals surface area contributed by atoms with E-state index in [2.05, 4.69) is 4.90 Å². The molecule has 0 atom stereocenters. The number of amides is 1. The molecule has 1 saturated heterocycles. The van der Waals surface area contributed by atoms with E-state index in [9.17, 15) is 18.0 Å². The van der Waals surface area contributed by atoms with Gasteiger partial charge in [-0.15, -0.1) is 0 Å². The van der Waals surface area contributed by atoms with Crippen molar-refractivity contribution < 1.29 is 18.0 Å². The molecule has 0 aromatic heterocycles. The maximum absolute atomic E-state index is 12.9. The molecule has 160 valence electrons. The highest BCUT2D eigenvalue weighted by atomic mass is 35.5. The van der Waals surface area contributed by atoms with E-state index in [1.54, 1.807) is 23.1 Å². The molecule has 1 amide bonds. The van der Waals surface area contributed by atoms with Crippen LogP contribution in [0.4, 0.5) is 11.4 Å². The lowest BCUT2D eigenvalue weighted by Gasteiger charge is -2.37. The Kier molecular flexibility index (Phi) is 6.67. The Morgan fingerprint density at radius 1 is 1.03 bits per heavy atom. The summed E-state index contributed by atoms with van der Waals surface area (Å²) < 4.78 is 25.7. The normalized spacial score (nSPS) is 14.5. The van der Waals surface area contributed by atoms with E-state index < -0.39 is 10.0 Å². The van der Waals surface area contributed by atoms with Crippen LogP contribution in [0.25, 0.3) is 0 Å². The summed E-state index contributed by atoms with van der Waals surface area (Å²) in [6.07, 6.45) is 1.05. The number of anilines is 2. The van der Waals surface area contributed by atoms with Gasteiger partial charge in [-0.25, -0.2) is 8.42 Å². The zero-order chi connectivity index (χ0) is 21.9. The van der Waals surface area contributed by atoms with E-state index in [4.69, 9.17) is 11.6 Å². The van der Waals surface area contributed by atoms with Crippen molar-refractivity contribution in [3.63, 3.8) is 0 Å². The number of hydrogen-bond acceptors (Lipinski definition) is 5. The average Bonchev–Trinajstić information content (AvgIpc) is 2.71. The van der Waals surface area contributed by atoms with Gasteiger partial charge in [0.15, 0.2) is 5.78 Å². The minimum atomic E-state index is -3.70. The molecule has 3 rings (SSSR count). The van der Waals surface area contributed by atoms with Crippen LogP contribution in [0.15, 0.2) is 48.5 Å². The fourth-order valence-electron chi connectivity index (χ4n) is 3.39. The molecule has 30 heavy (non-hydrogen) atoms. The van der Waals surface area contributed by atoms with Crippen LogP contribution < -0.4 is 9.21 Å². The maximum Gasteiger partial charge on any atom is 0.243 e. The molecule has 1 aliphatic heterocycles. The molecular formula is C21H24ClN3O4S. The highest BCUT2D eigenvalue weighted by molar-refractivity contribution is 7.92. The molecule has 2 aromatic carbocycles. The molecule has 0 spiro atoms. The lowest BCUT2D eigenvalue weighted by molar-refractivity contribution is -0.129. The van der Waals surface area contributed by atoms with Gasteiger partial charge in [0.1, 0.15) is 6.54 Å². The van der Waals surface area contributed by atoms with E-state index >= 15 is 0 Å². The van der Waals surface area contributed by atoms with Gasteiger partial charge in [-0.1, -0.05) is 29.8 Å². The molecule has 0 saturated carbocycles. The highest BCUT2D eigenvalue weighted by Gasteiger charge is 2.27. The largest absolute Gasteiger partial charge is 0.368 e. The molecule has 0 radical (unpaired) electrons. The van der Waals surface area contributed by atoms with Gasteiger partial charge < -0.3 is 9.80 Å². The molecule has 9 heteroatoms. The summed E-state index contributed by atoms with van der Waals surface area (Å²) in [4.78, 5) is 28.3. The standard InChI is InChI=1S/C21H24ClN3O4S/c1-16(26)17-5-3-8-20(13-17)25(30(2,28)29)15-21(27)24-11-9-23(10-12-24)19-7-4-6-18(22)14-19/h3-8,13-14H,9-12,15H2,1-2H3. The summed E-state index contributed by atoms with van der Waals surface area (Å²) >= 11 is 6.06. The third-order valence-electron chi connectivity index (χ3n) is 5.03. The zero-order valence-electron chi connectivity index (χ0n) is 16.9. The number of carbonyl (C=O) groups excluding carboxylic acids is 2. The number of benzene rings is 2. The monoisotopic (exact) mass is 449 g/mol. The van der Waals surface area contributed by atoms with E-state index in [0.717, 1.165) is 16.2 Å². The molecule has 1 heterocycles. The van der Waals surface area contributed by atoms with Crippen molar-refractivity contribution in [2.75, 3.05) is 48.2 Å². The van der Waals surface area contributed by atoms with Crippen LogP contribution in [0, 0.1) is 0 Å². The Labute approximate surface area is 181 Å². The number of hydrogen-bond donors (Lipinski definition) is 0. The van der Waals surface area contributed by atoms with Crippen molar-refractivity contribution in [3.8, 4) is 0 Å². The van der Waals surface area contributed by atoms with Crippen LogP contribution in [-0.2, 0) is 14.8 Å². The summed E-state index contributed by atoms with van der Waals surface area (Å²) in [7, 11) is -3.70. The summed E-state index contributed by atoms with van der Waals surface area (Å²) in [5.74, 6) is -0.451. The predicted molar refractivity (Wildman–Crippen MR) is 119 cm³/mol. The van der Waals surface area contributed by atoms with E-state index in [1.807, 2.05) is 24.3 Å². The molecule has 7 nitrogen and oxygen atoms in total. The van der Waals surface area contributed by atoms with Crippen molar-refractivity contribution in [3.05, 3.63) is 59.1 Å². The summed E-state index contributed by atoms with van der Waals surface area (Å²) in [6, 6.07) is 13.8. The molecule has 0 bridgehead atoms. The fourth-order valence-corrected chi connectivity index (χ4v) is 4.42. The number of carbonyl (C=O) groups is 2. The number of piperazine rings is 1. The Morgan fingerprint density at radius 3 is 2.30 bits per heavy atom. The average molecular weight is 450 g/mol. The fraction of sp³-hybridized carbons (Fsp3) is 0.333. The van der Waals surface area contributed by atoms with Gasteiger partial charge in [-0.2, -0.15) is 0 Å². The number of nitrogens with zero attached hydrogens (tertiary/aromatic N) is 3. The second-order valence-corrected chi connectivity index (χ2v) is 9.57. The molecule has 0 N–H and O–H groups in total. The second-order valence-electron chi connectivity index (χ2n) is 7.22. The smallest absolute Gasteiger partial charge is 0.243 e. The molecular weight excluding hydrogens is 426 g/mol. The Balaban J connectivity index is 1.70. The Morgan fingerprint density at radius 2 is 1.70 bits per heavy atom. The first-order valence-corrected chi connectivity index (χ1v) is 11.7. The van der Waals surface area contributed by atoms with Crippen molar-refractivity contribution in [2.45, 2.75) is 6.92 Å². The van der Waals surface area contributed by atoms with Gasteiger partial charge in [0.25, 0.3) is 0 Å². The van der Waals surface area contributed by atoms with E-state index in [-0.39, 0.29) is 18.2 Å².